The Morgan fingerprint density at radius 2 is 1.77 bits per heavy atom. The van der Waals surface area contributed by atoms with Crippen LogP contribution in [0.2, 0.25) is 0 Å². The number of nitrogens with one attached hydrogen (secondary N) is 1. The van der Waals surface area contributed by atoms with Gasteiger partial charge in [0.05, 0.1) is 0 Å². The van der Waals surface area contributed by atoms with Crippen LogP contribution in [-0.2, 0) is 4.79 Å². The molecule has 1 amide bonds. The molecule has 0 atom stereocenters. The third-order valence-electron chi connectivity index (χ3n) is 6.03. The van der Waals surface area contributed by atoms with E-state index >= 15 is 0 Å². The maximum Gasteiger partial charge on any atom is 0.226 e. The van der Waals surface area contributed by atoms with Gasteiger partial charge in [-0.15, -0.1) is 0 Å². The van der Waals surface area contributed by atoms with E-state index in [4.69, 9.17) is 0 Å². The summed E-state index contributed by atoms with van der Waals surface area (Å²) in [5, 5.41) is 3.01. The van der Waals surface area contributed by atoms with Crippen molar-refractivity contribution in [3.8, 4) is 0 Å². The quantitative estimate of drug-likeness (QED) is 0.336. The smallest absolute Gasteiger partial charge is 0.226 e. The van der Waals surface area contributed by atoms with Crippen molar-refractivity contribution >= 4 is 33.3 Å². The minimum atomic E-state index is -0.0166. The van der Waals surface area contributed by atoms with Gasteiger partial charge in [-0.25, -0.2) is 0 Å². The number of carbonyl (C=O) groups is 2. The average molecular weight is 485 g/mol. The summed E-state index contributed by atoms with van der Waals surface area (Å²) in [7, 11) is 0. The predicted molar refractivity (Wildman–Crippen MR) is 131 cm³/mol. The highest BCUT2D eigenvalue weighted by Gasteiger charge is 2.21. The molecule has 1 N–H and O–H groups in total. The number of halogens is 1. The van der Waals surface area contributed by atoms with Crippen LogP contribution in [-0.4, -0.2) is 36.2 Å². The molecule has 1 saturated heterocycles. The van der Waals surface area contributed by atoms with Gasteiger partial charge in [-0.05, 0) is 81.1 Å². The number of rotatable bonds is 9. The highest BCUT2D eigenvalue weighted by molar-refractivity contribution is 9.10. The largest absolute Gasteiger partial charge is 0.326 e. The monoisotopic (exact) mass is 484 g/mol. The van der Waals surface area contributed by atoms with Crippen LogP contribution in [0.5, 0.6) is 0 Å². The number of unbranched alkanes of at least 4 members (excludes halogenated alkanes) is 1. The predicted octanol–water partition coefficient (Wildman–Crippen LogP) is 6.28. The van der Waals surface area contributed by atoms with E-state index in [1.807, 2.05) is 50.2 Å². The molecular formula is C26H33BrN2O2. The Kier molecular flexibility index (Phi) is 8.85. The van der Waals surface area contributed by atoms with Gasteiger partial charge >= 0.3 is 0 Å². The normalized spacial score (nSPS) is 15.2. The maximum atomic E-state index is 12.3. The molecule has 0 radical (unpaired) electrons. The summed E-state index contributed by atoms with van der Waals surface area (Å²) in [6.07, 6.45) is 4.89. The summed E-state index contributed by atoms with van der Waals surface area (Å²) in [5.74, 6) is 0.824. The van der Waals surface area contributed by atoms with Crippen molar-refractivity contribution < 1.29 is 9.59 Å². The molecule has 1 fully saturated rings. The van der Waals surface area contributed by atoms with E-state index in [2.05, 4.69) is 38.3 Å². The first-order chi connectivity index (χ1) is 14.9. The number of hydrogen-bond donors (Lipinski definition) is 1. The fourth-order valence-electron chi connectivity index (χ4n) is 4.05. The van der Waals surface area contributed by atoms with E-state index in [1.165, 1.54) is 5.56 Å². The summed E-state index contributed by atoms with van der Waals surface area (Å²) >= 11 is 3.41. The number of likely N-dealkylation sites (tertiary alicyclic amines) is 1. The molecule has 0 spiro atoms. The van der Waals surface area contributed by atoms with Gasteiger partial charge in [0.1, 0.15) is 0 Å². The fraction of sp³-hybridized carbons (Fsp3) is 0.462. The topological polar surface area (TPSA) is 49.4 Å². The van der Waals surface area contributed by atoms with Gasteiger partial charge in [0.2, 0.25) is 5.91 Å². The van der Waals surface area contributed by atoms with E-state index < -0.39 is 0 Å². The molecule has 31 heavy (non-hydrogen) atoms. The maximum absolute atomic E-state index is 12.3. The second kappa shape index (κ2) is 11.6. The molecule has 1 aliphatic heterocycles. The Hall–Kier alpha value is -1.98. The zero-order valence-electron chi connectivity index (χ0n) is 18.6. The molecule has 3 rings (SSSR count). The van der Waals surface area contributed by atoms with Crippen molar-refractivity contribution in [1.82, 2.24) is 4.90 Å². The van der Waals surface area contributed by atoms with Crippen molar-refractivity contribution in [2.75, 3.05) is 25.0 Å². The summed E-state index contributed by atoms with van der Waals surface area (Å²) < 4.78 is 1.000. The Morgan fingerprint density at radius 3 is 2.45 bits per heavy atom. The van der Waals surface area contributed by atoms with E-state index in [0.717, 1.165) is 61.0 Å². The molecular weight excluding hydrogens is 452 g/mol. The number of piperidine rings is 1. The van der Waals surface area contributed by atoms with E-state index in [0.29, 0.717) is 12.3 Å². The van der Waals surface area contributed by atoms with Crippen LogP contribution in [0.15, 0.2) is 53.0 Å². The summed E-state index contributed by atoms with van der Waals surface area (Å²) in [4.78, 5) is 26.8. The van der Waals surface area contributed by atoms with Crippen LogP contribution < -0.4 is 5.32 Å². The zero-order valence-corrected chi connectivity index (χ0v) is 20.2. The first kappa shape index (κ1) is 23.7. The average Bonchev–Trinajstić information content (AvgIpc) is 2.77. The van der Waals surface area contributed by atoms with E-state index in [1.54, 1.807) is 0 Å². The Balaban J connectivity index is 1.38. The van der Waals surface area contributed by atoms with Crippen LogP contribution in [0.1, 0.15) is 67.8 Å². The second-order valence-corrected chi connectivity index (χ2v) is 9.69. The lowest BCUT2D eigenvalue weighted by atomic mass is 9.89. The summed E-state index contributed by atoms with van der Waals surface area (Å²) in [6.45, 7) is 7.06. The molecule has 4 nitrogen and oxygen atoms in total. The lowest BCUT2D eigenvalue weighted by Crippen LogP contribution is -2.33. The summed E-state index contributed by atoms with van der Waals surface area (Å²) in [5.41, 5.74) is 3.02. The van der Waals surface area contributed by atoms with Crippen LogP contribution in [0.4, 0.5) is 5.69 Å². The number of nitrogens with zero attached hydrogens (tertiary/aromatic N) is 1. The minimum absolute atomic E-state index is 0.0166. The number of ketones is 1. The van der Waals surface area contributed by atoms with Crippen LogP contribution in [0.25, 0.3) is 0 Å². The van der Waals surface area contributed by atoms with E-state index in [9.17, 15) is 9.59 Å². The van der Waals surface area contributed by atoms with E-state index in [-0.39, 0.29) is 17.6 Å². The SMILES string of the molecule is CC(C)C(=O)Nc1cccc(C2CCN(CCCCC(=O)c3ccc(Br)cc3)CC2)c1. The van der Waals surface area contributed by atoms with Crippen molar-refractivity contribution in [2.45, 2.75) is 51.9 Å². The number of benzene rings is 2. The van der Waals surface area contributed by atoms with Gasteiger partial charge in [0, 0.05) is 28.1 Å². The lowest BCUT2D eigenvalue weighted by Gasteiger charge is -2.32. The number of Topliss-reactive ketones (excluding diaryl/α,β-unsaturated/α-hetero) is 1. The Bertz CT molecular complexity index is 871. The Labute approximate surface area is 194 Å². The number of amides is 1. The van der Waals surface area contributed by atoms with Crippen molar-refractivity contribution in [1.29, 1.82) is 0 Å². The molecule has 166 valence electrons. The standard InChI is InChI=1S/C26H33BrN2O2/c1-19(2)26(31)28-24-7-5-6-22(18-24)20-13-16-29(17-14-20)15-4-3-8-25(30)21-9-11-23(27)12-10-21/h5-7,9-12,18-20H,3-4,8,13-17H2,1-2H3,(H,28,31). The third-order valence-corrected chi connectivity index (χ3v) is 6.56. The molecule has 0 aromatic heterocycles. The molecule has 2 aromatic carbocycles. The number of anilines is 1. The van der Waals surface area contributed by atoms with Gasteiger partial charge in [-0.1, -0.05) is 54.0 Å². The first-order valence-corrected chi connectivity index (χ1v) is 12.1. The number of hydrogen-bond acceptors (Lipinski definition) is 3. The Morgan fingerprint density at radius 1 is 1.06 bits per heavy atom. The van der Waals surface area contributed by atoms with Gasteiger partial charge in [-0.2, -0.15) is 0 Å². The zero-order chi connectivity index (χ0) is 22.2. The molecule has 1 aliphatic rings. The fourth-order valence-corrected chi connectivity index (χ4v) is 4.31. The molecule has 2 aromatic rings. The molecule has 0 bridgehead atoms. The van der Waals surface area contributed by atoms with Crippen LogP contribution in [0.3, 0.4) is 0 Å². The number of carbonyl (C=O) groups excluding carboxylic acids is 2. The third kappa shape index (κ3) is 7.29. The second-order valence-electron chi connectivity index (χ2n) is 8.77. The van der Waals surface area contributed by atoms with Gasteiger partial charge in [0.25, 0.3) is 0 Å². The van der Waals surface area contributed by atoms with Gasteiger partial charge in [0.15, 0.2) is 5.78 Å². The van der Waals surface area contributed by atoms with Gasteiger partial charge < -0.3 is 10.2 Å². The lowest BCUT2D eigenvalue weighted by molar-refractivity contribution is -0.118. The van der Waals surface area contributed by atoms with Crippen LogP contribution in [0, 0.1) is 5.92 Å². The molecule has 5 heteroatoms. The molecule has 0 saturated carbocycles. The molecule has 1 heterocycles. The van der Waals surface area contributed by atoms with Crippen LogP contribution >= 0.6 is 15.9 Å². The summed E-state index contributed by atoms with van der Waals surface area (Å²) in [6, 6.07) is 15.9. The van der Waals surface area contributed by atoms with Crippen molar-refractivity contribution in [2.24, 2.45) is 5.92 Å². The van der Waals surface area contributed by atoms with Crippen molar-refractivity contribution in [3.63, 3.8) is 0 Å². The highest BCUT2D eigenvalue weighted by atomic mass is 79.9. The van der Waals surface area contributed by atoms with Crippen molar-refractivity contribution in [3.05, 3.63) is 64.1 Å². The first-order valence-electron chi connectivity index (χ1n) is 11.3. The molecule has 0 unspecified atom stereocenters. The minimum Gasteiger partial charge on any atom is -0.326 e. The molecule has 0 aliphatic carbocycles. The highest BCUT2D eigenvalue weighted by Crippen LogP contribution is 2.29. The van der Waals surface area contributed by atoms with Gasteiger partial charge in [-0.3, -0.25) is 9.59 Å².